The van der Waals surface area contributed by atoms with Gasteiger partial charge in [-0.1, -0.05) is 23.7 Å². The molecule has 1 aromatic rings. The lowest BCUT2D eigenvalue weighted by molar-refractivity contribution is -0.139. The molecule has 1 aliphatic heterocycles. The number of halogens is 1. The van der Waals surface area contributed by atoms with Crippen LogP contribution >= 0.6 is 11.6 Å². The van der Waals surface area contributed by atoms with Gasteiger partial charge < -0.3 is 15.0 Å². The van der Waals surface area contributed by atoms with Crippen LogP contribution in [0.3, 0.4) is 0 Å². The summed E-state index contributed by atoms with van der Waals surface area (Å²) < 4.78 is 5.21. The molecule has 1 N–H and O–H groups in total. The second-order valence-corrected chi connectivity index (χ2v) is 5.47. The van der Waals surface area contributed by atoms with Crippen LogP contribution in [0.5, 0.6) is 0 Å². The highest BCUT2D eigenvalue weighted by molar-refractivity contribution is 6.30. The molecule has 1 aromatic carbocycles. The Morgan fingerprint density at radius 2 is 1.90 bits per heavy atom. The summed E-state index contributed by atoms with van der Waals surface area (Å²) in [4.78, 5) is 25.8. The van der Waals surface area contributed by atoms with Gasteiger partial charge in [0.15, 0.2) is 0 Å². The summed E-state index contributed by atoms with van der Waals surface area (Å²) in [7, 11) is 0. The molecule has 2 amide bonds. The van der Waals surface area contributed by atoms with E-state index in [2.05, 4.69) is 5.32 Å². The van der Waals surface area contributed by atoms with Crippen LogP contribution in [0, 0.1) is 0 Å². The van der Waals surface area contributed by atoms with Gasteiger partial charge in [0.2, 0.25) is 11.8 Å². The Kier molecular flexibility index (Phi) is 5.59. The summed E-state index contributed by atoms with van der Waals surface area (Å²) in [6.45, 7) is 3.97. The number of hydrogen-bond acceptors (Lipinski definition) is 3. The van der Waals surface area contributed by atoms with Gasteiger partial charge in [0.25, 0.3) is 0 Å². The number of hydrogen-bond donors (Lipinski definition) is 1. The van der Waals surface area contributed by atoms with Crippen LogP contribution in [0.25, 0.3) is 0 Å². The Hall–Kier alpha value is -1.59. The Balaban J connectivity index is 1.83. The Morgan fingerprint density at radius 3 is 2.52 bits per heavy atom. The van der Waals surface area contributed by atoms with E-state index in [4.69, 9.17) is 16.3 Å². The summed E-state index contributed by atoms with van der Waals surface area (Å²) in [5.74, 6) is -0.241. The van der Waals surface area contributed by atoms with E-state index in [1.807, 2.05) is 0 Å². The summed E-state index contributed by atoms with van der Waals surface area (Å²) in [5.41, 5.74) is 0.864. The zero-order valence-electron chi connectivity index (χ0n) is 12.0. The summed E-state index contributed by atoms with van der Waals surface area (Å²) in [5, 5.41) is 3.37. The number of ether oxygens (including phenoxy) is 1. The third-order valence-electron chi connectivity index (χ3n) is 3.35. The molecule has 0 unspecified atom stereocenters. The van der Waals surface area contributed by atoms with Crippen LogP contribution in [-0.4, -0.2) is 49.1 Å². The highest BCUT2D eigenvalue weighted by Crippen LogP contribution is 2.10. The molecule has 21 heavy (non-hydrogen) atoms. The Morgan fingerprint density at radius 1 is 1.29 bits per heavy atom. The highest BCUT2D eigenvalue weighted by Gasteiger charge is 2.23. The average molecular weight is 311 g/mol. The van der Waals surface area contributed by atoms with Crippen LogP contribution in [-0.2, 0) is 20.7 Å². The van der Waals surface area contributed by atoms with Crippen molar-refractivity contribution < 1.29 is 14.3 Å². The standard InChI is InChI=1S/C15H19ClN2O3/c1-11(15(20)18-6-8-21-9-7-18)17-14(19)10-12-2-4-13(16)5-3-12/h2-5,11H,6-10H2,1H3,(H,17,19)/t11-/m0/s1. The summed E-state index contributed by atoms with van der Waals surface area (Å²) >= 11 is 5.80. The first-order valence-electron chi connectivity index (χ1n) is 6.96. The monoisotopic (exact) mass is 310 g/mol. The molecule has 0 bridgehead atoms. The number of amides is 2. The van der Waals surface area contributed by atoms with Crippen LogP contribution in [0.1, 0.15) is 12.5 Å². The topological polar surface area (TPSA) is 58.6 Å². The number of carbonyl (C=O) groups excluding carboxylic acids is 2. The smallest absolute Gasteiger partial charge is 0.245 e. The highest BCUT2D eigenvalue weighted by atomic mass is 35.5. The minimum absolute atomic E-state index is 0.0669. The number of rotatable bonds is 4. The quantitative estimate of drug-likeness (QED) is 0.910. The molecule has 114 valence electrons. The first-order valence-corrected chi connectivity index (χ1v) is 7.34. The van der Waals surface area contributed by atoms with Crippen molar-refractivity contribution in [3.8, 4) is 0 Å². The molecule has 6 heteroatoms. The van der Waals surface area contributed by atoms with E-state index in [1.165, 1.54) is 0 Å². The maximum Gasteiger partial charge on any atom is 0.245 e. The van der Waals surface area contributed by atoms with Gasteiger partial charge in [-0.05, 0) is 24.6 Å². The number of carbonyl (C=O) groups is 2. The van der Waals surface area contributed by atoms with Gasteiger partial charge in [-0.25, -0.2) is 0 Å². The predicted octanol–water partition coefficient (Wildman–Crippen LogP) is 1.25. The number of nitrogens with one attached hydrogen (secondary N) is 1. The summed E-state index contributed by atoms with van der Waals surface area (Å²) in [6, 6.07) is 6.56. The maximum atomic E-state index is 12.2. The van der Waals surface area contributed by atoms with Crippen LogP contribution < -0.4 is 5.32 Å². The van der Waals surface area contributed by atoms with Gasteiger partial charge >= 0.3 is 0 Å². The SMILES string of the molecule is C[C@H](NC(=O)Cc1ccc(Cl)cc1)C(=O)N1CCOCC1. The summed E-state index contributed by atoms with van der Waals surface area (Å²) in [6.07, 6.45) is 0.234. The first-order chi connectivity index (χ1) is 10.1. The molecule has 2 rings (SSSR count). The number of benzene rings is 1. The first kappa shape index (κ1) is 15.8. The third kappa shape index (κ3) is 4.72. The molecule has 1 heterocycles. The largest absolute Gasteiger partial charge is 0.378 e. The molecule has 1 fully saturated rings. The van der Waals surface area contributed by atoms with Crippen molar-refractivity contribution in [3.63, 3.8) is 0 Å². The minimum atomic E-state index is -0.525. The van der Waals surface area contributed by atoms with Gasteiger partial charge in [0.05, 0.1) is 19.6 Å². The fourth-order valence-electron chi connectivity index (χ4n) is 2.20. The van der Waals surface area contributed by atoms with Crippen LogP contribution in [0.4, 0.5) is 0 Å². The molecule has 1 aliphatic rings. The van der Waals surface area contributed by atoms with E-state index in [-0.39, 0.29) is 18.2 Å². The fourth-order valence-corrected chi connectivity index (χ4v) is 2.33. The molecule has 1 saturated heterocycles. The molecular weight excluding hydrogens is 292 g/mol. The van der Waals surface area contributed by atoms with Gasteiger partial charge in [-0.3, -0.25) is 9.59 Å². The van der Waals surface area contributed by atoms with Gasteiger partial charge in [0, 0.05) is 18.1 Å². The number of nitrogens with zero attached hydrogens (tertiary/aromatic N) is 1. The molecular formula is C15H19ClN2O3. The van der Waals surface area contributed by atoms with Crippen LogP contribution in [0.15, 0.2) is 24.3 Å². The van der Waals surface area contributed by atoms with Crippen molar-refractivity contribution in [1.82, 2.24) is 10.2 Å². The molecule has 5 nitrogen and oxygen atoms in total. The maximum absolute atomic E-state index is 12.2. The number of morpholine rings is 1. The van der Waals surface area contributed by atoms with Gasteiger partial charge in [-0.15, -0.1) is 0 Å². The van der Waals surface area contributed by atoms with Gasteiger partial charge in [-0.2, -0.15) is 0 Å². The van der Waals surface area contributed by atoms with E-state index in [9.17, 15) is 9.59 Å². The Labute approximate surface area is 129 Å². The second-order valence-electron chi connectivity index (χ2n) is 5.03. The van der Waals surface area contributed by atoms with Crippen molar-refractivity contribution in [2.45, 2.75) is 19.4 Å². The van der Waals surface area contributed by atoms with E-state index in [0.717, 1.165) is 5.56 Å². The normalized spacial score (nSPS) is 16.4. The van der Waals surface area contributed by atoms with E-state index in [1.54, 1.807) is 36.1 Å². The lowest BCUT2D eigenvalue weighted by Gasteiger charge is -2.29. The van der Waals surface area contributed by atoms with Crippen LogP contribution in [0.2, 0.25) is 5.02 Å². The zero-order valence-corrected chi connectivity index (χ0v) is 12.7. The van der Waals surface area contributed by atoms with Crippen molar-refractivity contribution in [2.24, 2.45) is 0 Å². The lowest BCUT2D eigenvalue weighted by Crippen LogP contribution is -2.50. The molecule has 0 radical (unpaired) electrons. The lowest BCUT2D eigenvalue weighted by atomic mass is 10.1. The van der Waals surface area contributed by atoms with Crippen molar-refractivity contribution >= 4 is 23.4 Å². The van der Waals surface area contributed by atoms with E-state index < -0.39 is 6.04 Å². The van der Waals surface area contributed by atoms with Crippen molar-refractivity contribution in [1.29, 1.82) is 0 Å². The predicted molar refractivity (Wildman–Crippen MR) is 80.2 cm³/mol. The zero-order chi connectivity index (χ0) is 15.2. The molecule has 0 saturated carbocycles. The molecule has 0 aliphatic carbocycles. The molecule has 0 spiro atoms. The van der Waals surface area contributed by atoms with Crippen molar-refractivity contribution in [2.75, 3.05) is 26.3 Å². The average Bonchev–Trinajstić information content (AvgIpc) is 2.49. The van der Waals surface area contributed by atoms with Gasteiger partial charge in [0.1, 0.15) is 6.04 Å². The Bertz CT molecular complexity index is 498. The molecule has 1 atom stereocenters. The van der Waals surface area contributed by atoms with Crippen molar-refractivity contribution in [3.05, 3.63) is 34.9 Å². The third-order valence-corrected chi connectivity index (χ3v) is 3.60. The minimum Gasteiger partial charge on any atom is -0.378 e. The fraction of sp³-hybridized carbons (Fsp3) is 0.467. The second kappa shape index (κ2) is 7.43. The molecule has 0 aromatic heterocycles. The van der Waals surface area contributed by atoms with E-state index >= 15 is 0 Å². The van der Waals surface area contributed by atoms with E-state index in [0.29, 0.717) is 31.3 Å².